The Labute approximate surface area is 129 Å². The predicted molar refractivity (Wildman–Crippen MR) is 83.7 cm³/mol. The van der Waals surface area contributed by atoms with Crippen LogP contribution in [0, 0.1) is 0 Å². The van der Waals surface area contributed by atoms with E-state index in [1.165, 1.54) is 0 Å². The highest BCUT2D eigenvalue weighted by atomic mass is 79.9. The Morgan fingerprint density at radius 2 is 1.72 bits per heavy atom. The monoisotopic (exact) mass is 428 g/mol. The minimum Gasteiger partial charge on any atom is -0.304 e. The van der Waals surface area contributed by atoms with Gasteiger partial charge in [-0.2, -0.15) is 0 Å². The number of imidazole rings is 1. The lowest BCUT2D eigenvalue weighted by molar-refractivity contribution is 1.17. The third-order valence-electron chi connectivity index (χ3n) is 2.62. The van der Waals surface area contributed by atoms with Gasteiger partial charge < -0.3 is 4.40 Å². The molecular weight excluding hydrogens is 424 g/mol. The van der Waals surface area contributed by atoms with Crippen LogP contribution >= 0.6 is 47.8 Å². The summed E-state index contributed by atoms with van der Waals surface area (Å²) < 4.78 is 5.03. The van der Waals surface area contributed by atoms with Crippen LogP contribution in [0.1, 0.15) is 0 Å². The van der Waals surface area contributed by atoms with Crippen LogP contribution in [-0.4, -0.2) is 9.38 Å². The van der Waals surface area contributed by atoms with Crippen molar-refractivity contribution in [3.63, 3.8) is 0 Å². The molecule has 2 aromatic heterocycles. The van der Waals surface area contributed by atoms with Crippen LogP contribution in [0.5, 0.6) is 0 Å². The second-order valence-corrected chi connectivity index (χ2v) is 6.47. The molecule has 5 heteroatoms. The predicted octanol–water partition coefficient (Wildman–Crippen LogP) is 5.29. The largest absolute Gasteiger partial charge is 0.304 e. The molecule has 90 valence electrons. The summed E-state index contributed by atoms with van der Waals surface area (Å²) >= 11 is 10.6. The van der Waals surface area contributed by atoms with Crippen molar-refractivity contribution in [1.82, 2.24) is 9.38 Å². The van der Waals surface area contributed by atoms with Crippen molar-refractivity contribution in [2.45, 2.75) is 0 Å². The van der Waals surface area contributed by atoms with Gasteiger partial charge in [-0.05, 0) is 44.0 Å². The van der Waals surface area contributed by atoms with E-state index >= 15 is 0 Å². The molecule has 0 amide bonds. The zero-order chi connectivity index (χ0) is 12.7. The molecule has 0 saturated carbocycles. The lowest BCUT2D eigenvalue weighted by Crippen LogP contribution is -1.83. The summed E-state index contributed by atoms with van der Waals surface area (Å²) in [6.07, 6.45) is 4.01. The van der Waals surface area contributed by atoms with E-state index in [2.05, 4.69) is 58.8 Å². The molecule has 0 N–H and O–H groups in total. The molecule has 3 aromatic rings. The first kappa shape index (κ1) is 12.4. The number of halogens is 3. The first-order chi connectivity index (χ1) is 8.65. The van der Waals surface area contributed by atoms with E-state index in [9.17, 15) is 0 Å². The highest BCUT2D eigenvalue weighted by molar-refractivity contribution is 9.11. The SMILES string of the molecule is Brc1cc(Br)c2nc(-c3ccccc3Br)cn2c1. The Kier molecular flexibility index (Phi) is 3.30. The highest BCUT2D eigenvalue weighted by Gasteiger charge is 2.09. The molecule has 0 bridgehead atoms. The fraction of sp³-hybridized carbons (Fsp3) is 0. The first-order valence-corrected chi connectivity index (χ1v) is 7.62. The Balaban J connectivity index is 2.26. The molecule has 0 fully saturated rings. The first-order valence-electron chi connectivity index (χ1n) is 5.24. The second kappa shape index (κ2) is 4.79. The van der Waals surface area contributed by atoms with Gasteiger partial charge in [-0.15, -0.1) is 0 Å². The summed E-state index contributed by atoms with van der Waals surface area (Å²) in [7, 11) is 0. The molecule has 0 aliphatic carbocycles. The van der Waals surface area contributed by atoms with Crippen molar-refractivity contribution in [3.05, 3.63) is 56.1 Å². The van der Waals surface area contributed by atoms with E-state index in [1.54, 1.807) is 0 Å². The molecule has 0 unspecified atom stereocenters. The van der Waals surface area contributed by atoms with Crippen LogP contribution in [0.15, 0.2) is 56.1 Å². The molecule has 2 heterocycles. The van der Waals surface area contributed by atoms with Crippen LogP contribution in [0.4, 0.5) is 0 Å². The highest BCUT2D eigenvalue weighted by Crippen LogP contribution is 2.30. The summed E-state index contributed by atoms with van der Waals surface area (Å²) in [5, 5.41) is 0. The average Bonchev–Trinajstić information content (AvgIpc) is 2.73. The maximum absolute atomic E-state index is 4.65. The number of nitrogens with zero attached hydrogens (tertiary/aromatic N) is 2. The number of fused-ring (bicyclic) bond motifs is 1. The van der Waals surface area contributed by atoms with Crippen LogP contribution in [0.2, 0.25) is 0 Å². The van der Waals surface area contributed by atoms with Gasteiger partial charge in [0.2, 0.25) is 0 Å². The fourth-order valence-electron chi connectivity index (χ4n) is 1.82. The minimum absolute atomic E-state index is 0.906. The van der Waals surface area contributed by atoms with Gasteiger partial charge in [0, 0.05) is 26.9 Å². The van der Waals surface area contributed by atoms with E-state index in [1.807, 2.05) is 41.1 Å². The Morgan fingerprint density at radius 3 is 2.50 bits per heavy atom. The zero-order valence-corrected chi connectivity index (χ0v) is 13.8. The van der Waals surface area contributed by atoms with E-state index in [-0.39, 0.29) is 0 Å². The summed E-state index contributed by atoms with van der Waals surface area (Å²) in [5.41, 5.74) is 2.94. The van der Waals surface area contributed by atoms with Crippen molar-refractivity contribution < 1.29 is 0 Å². The number of hydrogen-bond donors (Lipinski definition) is 0. The van der Waals surface area contributed by atoms with Crippen molar-refractivity contribution in [2.75, 3.05) is 0 Å². The molecule has 2 nitrogen and oxygen atoms in total. The fourth-order valence-corrected chi connectivity index (χ4v) is 3.61. The molecule has 0 saturated heterocycles. The Hall–Kier alpha value is -0.650. The lowest BCUT2D eigenvalue weighted by Gasteiger charge is -1.98. The van der Waals surface area contributed by atoms with Crippen molar-refractivity contribution >= 4 is 53.4 Å². The third-order valence-corrected chi connectivity index (χ3v) is 4.33. The van der Waals surface area contributed by atoms with Crippen LogP contribution in [0.25, 0.3) is 16.9 Å². The van der Waals surface area contributed by atoms with Gasteiger partial charge >= 0.3 is 0 Å². The maximum Gasteiger partial charge on any atom is 0.151 e. The van der Waals surface area contributed by atoms with Gasteiger partial charge in [-0.3, -0.25) is 0 Å². The molecule has 0 aliphatic rings. The molecular formula is C13H7Br3N2. The Bertz CT molecular complexity index is 734. The van der Waals surface area contributed by atoms with Crippen molar-refractivity contribution in [3.8, 4) is 11.3 Å². The number of hydrogen-bond acceptors (Lipinski definition) is 1. The van der Waals surface area contributed by atoms with E-state index in [0.717, 1.165) is 30.3 Å². The maximum atomic E-state index is 4.65. The average molecular weight is 431 g/mol. The normalized spacial score (nSPS) is 11.1. The van der Waals surface area contributed by atoms with Crippen LogP contribution in [-0.2, 0) is 0 Å². The second-order valence-electron chi connectivity index (χ2n) is 3.84. The van der Waals surface area contributed by atoms with E-state index in [0.29, 0.717) is 0 Å². The molecule has 0 atom stereocenters. The summed E-state index contributed by atoms with van der Waals surface area (Å²) in [6, 6.07) is 10.1. The summed E-state index contributed by atoms with van der Waals surface area (Å²) in [4.78, 5) is 4.65. The number of benzene rings is 1. The Morgan fingerprint density at radius 1 is 0.944 bits per heavy atom. The molecule has 0 spiro atoms. The van der Waals surface area contributed by atoms with Gasteiger partial charge in [-0.25, -0.2) is 4.98 Å². The van der Waals surface area contributed by atoms with Crippen LogP contribution < -0.4 is 0 Å². The van der Waals surface area contributed by atoms with E-state index in [4.69, 9.17) is 0 Å². The third kappa shape index (κ3) is 2.15. The quantitative estimate of drug-likeness (QED) is 0.512. The topological polar surface area (TPSA) is 17.3 Å². The standard InChI is InChI=1S/C13H7Br3N2/c14-8-5-11(16)13-17-12(7-18(13)6-8)9-3-1-2-4-10(9)15/h1-7H. The molecule has 0 aliphatic heterocycles. The van der Waals surface area contributed by atoms with Gasteiger partial charge in [0.25, 0.3) is 0 Å². The summed E-state index contributed by atoms with van der Waals surface area (Å²) in [6.45, 7) is 0. The van der Waals surface area contributed by atoms with Crippen LogP contribution in [0.3, 0.4) is 0 Å². The van der Waals surface area contributed by atoms with Gasteiger partial charge in [-0.1, -0.05) is 34.1 Å². The molecule has 0 radical (unpaired) electrons. The molecule has 1 aromatic carbocycles. The van der Waals surface area contributed by atoms with E-state index < -0.39 is 0 Å². The van der Waals surface area contributed by atoms with Gasteiger partial charge in [0.1, 0.15) is 0 Å². The molecule has 3 rings (SSSR count). The lowest BCUT2D eigenvalue weighted by atomic mass is 10.2. The van der Waals surface area contributed by atoms with Gasteiger partial charge in [0.15, 0.2) is 5.65 Å². The summed E-state index contributed by atoms with van der Waals surface area (Å²) in [5.74, 6) is 0. The van der Waals surface area contributed by atoms with Gasteiger partial charge in [0.05, 0.1) is 10.2 Å². The number of aromatic nitrogens is 2. The minimum atomic E-state index is 0.906. The van der Waals surface area contributed by atoms with Crippen molar-refractivity contribution in [1.29, 1.82) is 0 Å². The zero-order valence-electron chi connectivity index (χ0n) is 9.07. The number of pyridine rings is 1. The molecule has 18 heavy (non-hydrogen) atoms. The van der Waals surface area contributed by atoms with Crippen molar-refractivity contribution in [2.24, 2.45) is 0 Å². The number of rotatable bonds is 1. The smallest absolute Gasteiger partial charge is 0.151 e.